The van der Waals surface area contributed by atoms with E-state index >= 15 is 0 Å². The van der Waals surface area contributed by atoms with Gasteiger partial charge in [0.05, 0.1) is 14.2 Å². The summed E-state index contributed by atoms with van der Waals surface area (Å²) in [6.45, 7) is 0. The molecule has 6 heteroatoms. The molecular weight excluding hydrogens is 334 g/mol. The fraction of sp³-hybridized carbons (Fsp3) is 0.300. The monoisotopic (exact) mass is 355 g/mol. The van der Waals surface area contributed by atoms with Gasteiger partial charge in [0.25, 0.3) is 5.91 Å². The summed E-state index contributed by atoms with van der Waals surface area (Å²) in [5, 5.41) is 2.89. The van der Waals surface area contributed by atoms with Crippen molar-refractivity contribution < 1.29 is 23.8 Å². The first kappa shape index (κ1) is 17.8. The van der Waals surface area contributed by atoms with Crippen LogP contribution in [0.15, 0.2) is 48.5 Å². The predicted molar refractivity (Wildman–Crippen MR) is 95.1 cm³/mol. The highest BCUT2D eigenvalue weighted by molar-refractivity contribution is 5.94. The maximum atomic E-state index is 12.7. The average molecular weight is 355 g/mol. The van der Waals surface area contributed by atoms with Crippen LogP contribution in [0.1, 0.15) is 27.9 Å². The van der Waals surface area contributed by atoms with Crippen molar-refractivity contribution in [2.75, 3.05) is 14.2 Å². The summed E-state index contributed by atoms with van der Waals surface area (Å²) in [6, 6.07) is 14.6. The van der Waals surface area contributed by atoms with Crippen LogP contribution in [0.5, 0.6) is 5.75 Å². The molecule has 1 aliphatic carbocycles. The van der Waals surface area contributed by atoms with Crippen molar-refractivity contribution in [2.45, 2.75) is 25.0 Å². The Morgan fingerprint density at radius 1 is 1.04 bits per heavy atom. The zero-order valence-electron chi connectivity index (χ0n) is 14.8. The number of hydrogen-bond donors (Lipinski definition) is 1. The van der Waals surface area contributed by atoms with Crippen LogP contribution >= 0.6 is 0 Å². The molecule has 2 aromatic carbocycles. The topological polar surface area (TPSA) is 73.9 Å². The summed E-state index contributed by atoms with van der Waals surface area (Å²) in [4.78, 5) is 24.5. The number of carbonyl (C=O) groups excluding carboxylic acids is 2. The molecule has 2 aromatic rings. The van der Waals surface area contributed by atoms with E-state index in [1.807, 2.05) is 24.3 Å². The normalized spacial score (nSPS) is 18.4. The molecule has 0 unspecified atom stereocenters. The molecule has 0 aromatic heterocycles. The Hall–Kier alpha value is -3.02. The van der Waals surface area contributed by atoms with Gasteiger partial charge in [0, 0.05) is 24.0 Å². The van der Waals surface area contributed by atoms with Crippen LogP contribution in [0.4, 0.5) is 4.79 Å². The third-order valence-corrected chi connectivity index (χ3v) is 4.53. The minimum absolute atomic E-state index is 0.306. The summed E-state index contributed by atoms with van der Waals surface area (Å²) in [7, 11) is 2.84. The second kappa shape index (κ2) is 7.47. The highest BCUT2D eigenvalue weighted by Crippen LogP contribution is 2.35. The lowest BCUT2D eigenvalue weighted by Gasteiger charge is -2.38. The van der Waals surface area contributed by atoms with Crippen LogP contribution in [0.2, 0.25) is 0 Å². The van der Waals surface area contributed by atoms with Crippen LogP contribution in [-0.4, -0.2) is 32.0 Å². The molecule has 0 saturated heterocycles. The number of aryl methyl sites for hydroxylation is 1. The molecule has 1 aliphatic rings. The molecule has 1 amide bonds. The third-order valence-electron chi connectivity index (χ3n) is 4.53. The molecule has 136 valence electrons. The number of fused-ring (bicyclic) bond motifs is 1. The molecule has 0 saturated carbocycles. The molecule has 1 atom stereocenters. The maximum absolute atomic E-state index is 12.7. The minimum atomic E-state index is -1.19. The molecule has 26 heavy (non-hydrogen) atoms. The lowest BCUT2D eigenvalue weighted by molar-refractivity contribution is -0.0516. The predicted octanol–water partition coefficient (Wildman–Crippen LogP) is 3.09. The van der Waals surface area contributed by atoms with Crippen LogP contribution < -0.4 is 10.1 Å². The van der Waals surface area contributed by atoms with Gasteiger partial charge in [-0.05, 0) is 30.2 Å². The number of benzene rings is 2. The van der Waals surface area contributed by atoms with E-state index in [1.165, 1.54) is 7.11 Å². The fourth-order valence-electron chi connectivity index (χ4n) is 3.24. The SMILES string of the molecule is COC(=O)O[C@]1(NC(=O)c2ccccc2)CCc2cccc(OC)c2C1. The van der Waals surface area contributed by atoms with Gasteiger partial charge in [-0.25, -0.2) is 4.79 Å². The molecule has 0 spiro atoms. The summed E-state index contributed by atoms with van der Waals surface area (Å²) in [6.07, 6.45) is 0.552. The molecule has 0 heterocycles. The lowest BCUT2D eigenvalue weighted by atomic mass is 9.84. The van der Waals surface area contributed by atoms with Gasteiger partial charge >= 0.3 is 6.16 Å². The van der Waals surface area contributed by atoms with Gasteiger partial charge in [0.2, 0.25) is 0 Å². The van der Waals surface area contributed by atoms with Crippen molar-refractivity contribution in [1.29, 1.82) is 0 Å². The summed E-state index contributed by atoms with van der Waals surface area (Å²) < 4.78 is 15.6. The fourth-order valence-corrected chi connectivity index (χ4v) is 3.24. The summed E-state index contributed by atoms with van der Waals surface area (Å²) >= 11 is 0. The van der Waals surface area contributed by atoms with E-state index in [9.17, 15) is 9.59 Å². The lowest BCUT2D eigenvalue weighted by Crippen LogP contribution is -2.55. The third kappa shape index (κ3) is 3.64. The van der Waals surface area contributed by atoms with E-state index < -0.39 is 11.9 Å². The van der Waals surface area contributed by atoms with Gasteiger partial charge in [-0.3, -0.25) is 4.79 Å². The summed E-state index contributed by atoms with van der Waals surface area (Å²) in [5.41, 5.74) is 1.33. The molecule has 6 nitrogen and oxygen atoms in total. The van der Waals surface area contributed by atoms with Gasteiger partial charge < -0.3 is 19.5 Å². The van der Waals surface area contributed by atoms with Crippen LogP contribution in [0.25, 0.3) is 0 Å². The molecule has 0 fully saturated rings. The summed E-state index contributed by atoms with van der Waals surface area (Å²) in [5.74, 6) is 0.391. The van der Waals surface area contributed by atoms with Crippen molar-refractivity contribution in [1.82, 2.24) is 5.32 Å². The smallest absolute Gasteiger partial charge is 0.496 e. The molecule has 1 N–H and O–H groups in total. The zero-order valence-corrected chi connectivity index (χ0v) is 14.8. The molecule has 0 radical (unpaired) electrons. The molecule has 3 rings (SSSR count). The molecule has 0 aliphatic heterocycles. The van der Waals surface area contributed by atoms with Gasteiger partial charge in [-0.15, -0.1) is 0 Å². The molecule has 0 bridgehead atoms. The zero-order chi connectivity index (χ0) is 18.6. The molecular formula is C20H21NO5. The van der Waals surface area contributed by atoms with Crippen molar-refractivity contribution in [3.8, 4) is 5.75 Å². The van der Waals surface area contributed by atoms with Gasteiger partial charge in [-0.2, -0.15) is 0 Å². The standard InChI is InChI=1S/C20H21NO5/c1-24-17-10-6-9-14-11-12-20(13-16(14)17,26-19(23)25-2)21-18(22)15-7-4-3-5-8-15/h3-10H,11-13H2,1-2H3,(H,21,22)/t20-/m1/s1. The number of methoxy groups -OCH3 is 2. The van der Waals surface area contributed by atoms with E-state index in [-0.39, 0.29) is 5.91 Å². The van der Waals surface area contributed by atoms with E-state index in [0.717, 1.165) is 11.1 Å². The van der Waals surface area contributed by atoms with Crippen LogP contribution in [0, 0.1) is 0 Å². The Morgan fingerprint density at radius 2 is 1.81 bits per heavy atom. The van der Waals surface area contributed by atoms with Crippen molar-refractivity contribution in [2.24, 2.45) is 0 Å². The number of nitrogens with one attached hydrogen (secondary N) is 1. The second-order valence-electron chi connectivity index (χ2n) is 6.15. The first-order valence-electron chi connectivity index (χ1n) is 8.36. The number of ether oxygens (including phenoxy) is 3. The van der Waals surface area contributed by atoms with Crippen molar-refractivity contribution in [3.63, 3.8) is 0 Å². The second-order valence-corrected chi connectivity index (χ2v) is 6.15. The first-order chi connectivity index (χ1) is 12.6. The highest BCUT2D eigenvalue weighted by Gasteiger charge is 2.41. The van der Waals surface area contributed by atoms with E-state index in [1.54, 1.807) is 31.4 Å². The van der Waals surface area contributed by atoms with Crippen molar-refractivity contribution in [3.05, 3.63) is 65.2 Å². The number of hydrogen-bond acceptors (Lipinski definition) is 5. The Balaban J connectivity index is 1.93. The Bertz CT molecular complexity index is 791. The Morgan fingerprint density at radius 3 is 2.50 bits per heavy atom. The largest absolute Gasteiger partial charge is 0.510 e. The number of amides is 1. The first-order valence-corrected chi connectivity index (χ1v) is 8.36. The highest BCUT2D eigenvalue weighted by atomic mass is 16.7. The van der Waals surface area contributed by atoms with Crippen molar-refractivity contribution >= 4 is 12.1 Å². The van der Waals surface area contributed by atoms with Crippen LogP contribution in [0.3, 0.4) is 0 Å². The van der Waals surface area contributed by atoms with Gasteiger partial charge in [-0.1, -0.05) is 30.3 Å². The quantitative estimate of drug-likeness (QED) is 0.674. The van der Waals surface area contributed by atoms with Crippen LogP contribution in [-0.2, 0) is 22.3 Å². The van der Waals surface area contributed by atoms with E-state index in [0.29, 0.717) is 30.6 Å². The number of rotatable bonds is 4. The van der Waals surface area contributed by atoms with E-state index in [4.69, 9.17) is 9.47 Å². The minimum Gasteiger partial charge on any atom is -0.496 e. The Labute approximate surface area is 152 Å². The maximum Gasteiger partial charge on any atom is 0.510 e. The van der Waals surface area contributed by atoms with E-state index in [2.05, 4.69) is 10.1 Å². The Kier molecular flexibility index (Phi) is 5.11. The average Bonchev–Trinajstić information content (AvgIpc) is 2.68. The van der Waals surface area contributed by atoms with Gasteiger partial charge in [0.15, 0.2) is 5.72 Å². The van der Waals surface area contributed by atoms with Gasteiger partial charge in [0.1, 0.15) is 5.75 Å². The number of carbonyl (C=O) groups is 2.